The molecule has 1 heterocycles. The topological polar surface area (TPSA) is 96.7 Å². The molecule has 0 aliphatic carbocycles. The highest BCUT2D eigenvalue weighted by Gasteiger charge is 2.10. The number of rotatable bonds is 5. The second-order valence-electron chi connectivity index (χ2n) is 4.74. The first-order valence-corrected chi connectivity index (χ1v) is 6.93. The monoisotopic (exact) mass is 292 g/mol. The molecule has 3 amide bonds. The molecule has 0 radical (unpaired) electrons. The number of imide groups is 1. The lowest BCUT2D eigenvalue weighted by Gasteiger charge is -2.29. The van der Waals surface area contributed by atoms with Crippen molar-refractivity contribution >= 4 is 17.6 Å². The number of piperazine rings is 1. The summed E-state index contributed by atoms with van der Waals surface area (Å²) in [7, 11) is 0. The van der Waals surface area contributed by atoms with Crippen molar-refractivity contribution in [1.29, 1.82) is 0 Å². The van der Waals surface area contributed by atoms with Gasteiger partial charge in [-0.3, -0.25) is 10.1 Å². The summed E-state index contributed by atoms with van der Waals surface area (Å²) in [5.74, 6) is 0.251. The number of primary amides is 1. The molecule has 1 aliphatic heterocycles. The van der Waals surface area contributed by atoms with Crippen LogP contribution >= 0.6 is 0 Å². The molecule has 2 rings (SSSR count). The van der Waals surface area contributed by atoms with Gasteiger partial charge in [0, 0.05) is 31.9 Å². The first-order chi connectivity index (χ1) is 10.1. The second kappa shape index (κ2) is 7.49. The largest absolute Gasteiger partial charge is 0.493 e. The first kappa shape index (κ1) is 15.1. The van der Waals surface area contributed by atoms with E-state index in [-0.39, 0.29) is 13.0 Å². The number of hydrogen-bond acceptors (Lipinski definition) is 5. The van der Waals surface area contributed by atoms with Crippen molar-refractivity contribution in [2.75, 3.05) is 37.7 Å². The number of ether oxygens (including phenoxy) is 1. The van der Waals surface area contributed by atoms with Crippen molar-refractivity contribution in [2.45, 2.75) is 6.42 Å². The predicted octanol–water partition coefficient (Wildman–Crippen LogP) is 0.0600. The van der Waals surface area contributed by atoms with Gasteiger partial charge in [0.05, 0.1) is 13.0 Å². The van der Waals surface area contributed by atoms with Crippen LogP contribution in [0.15, 0.2) is 24.3 Å². The highest BCUT2D eigenvalue weighted by molar-refractivity contribution is 5.93. The minimum absolute atomic E-state index is 0.0858. The minimum Gasteiger partial charge on any atom is -0.493 e. The van der Waals surface area contributed by atoms with Crippen molar-refractivity contribution < 1.29 is 14.3 Å². The van der Waals surface area contributed by atoms with Gasteiger partial charge in [-0.1, -0.05) is 0 Å². The summed E-state index contributed by atoms with van der Waals surface area (Å²) in [4.78, 5) is 24.0. The molecule has 0 atom stereocenters. The summed E-state index contributed by atoms with van der Waals surface area (Å²) < 4.78 is 5.46. The number of carbonyl (C=O) groups is 2. The molecule has 1 aromatic carbocycles. The highest BCUT2D eigenvalue weighted by atomic mass is 16.5. The molecule has 4 N–H and O–H groups in total. The average molecular weight is 292 g/mol. The number of nitrogens with two attached hydrogens (primary N) is 1. The molecule has 0 aromatic heterocycles. The molecule has 1 saturated heterocycles. The van der Waals surface area contributed by atoms with E-state index in [9.17, 15) is 9.59 Å². The first-order valence-electron chi connectivity index (χ1n) is 6.93. The maximum absolute atomic E-state index is 11.2. The van der Waals surface area contributed by atoms with E-state index in [1.165, 1.54) is 0 Å². The minimum atomic E-state index is -0.847. The fourth-order valence-corrected chi connectivity index (χ4v) is 2.14. The predicted molar refractivity (Wildman–Crippen MR) is 79.4 cm³/mol. The lowest BCUT2D eigenvalue weighted by Crippen LogP contribution is -2.43. The van der Waals surface area contributed by atoms with E-state index in [1.807, 2.05) is 29.6 Å². The number of nitrogens with zero attached hydrogens (tertiary/aromatic N) is 1. The fourth-order valence-electron chi connectivity index (χ4n) is 2.14. The third-order valence-electron chi connectivity index (χ3n) is 3.18. The maximum atomic E-state index is 11.2. The molecule has 0 saturated carbocycles. The summed E-state index contributed by atoms with van der Waals surface area (Å²) in [6, 6.07) is 6.92. The Hall–Kier alpha value is -2.28. The Balaban J connectivity index is 1.77. The third-order valence-corrected chi connectivity index (χ3v) is 3.18. The fraction of sp³-hybridized carbons (Fsp3) is 0.429. The third kappa shape index (κ3) is 4.96. The van der Waals surface area contributed by atoms with Gasteiger partial charge in [-0.25, -0.2) is 4.79 Å². The van der Waals surface area contributed by atoms with Gasteiger partial charge >= 0.3 is 6.03 Å². The number of nitrogens with one attached hydrogen (secondary N) is 2. The Labute approximate surface area is 123 Å². The Morgan fingerprint density at radius 1 is 1.24 bits per heavy atom. The Morgan fingerprint density at radius 3 is 2.52 bits per heavy atom. The number of anilines is 1. The quantitative estimate of drug-likeness (QED) is 0.713. The lowest BCUT2D eigenvalue weighted by molar-refractivity contribution is -0.120. The summed E-state index contributed by atoms with van der Waals surface area (Å²) >= 11 is 0. The number of benzene rings is 1. The molecule has 1 fully saturated rings. The van der Waals surface area contributed by atoms with Gasteiger partial charge in [-0.2, -0.15) is 0 Å². The molecule has 0 unspecified atom stereocenters. The Morgan fingerprint density at radius 2 is 1.90 bits per heavy atom. The summed E-state index contributed by atoms with van der Waals surface area (Å²) in [5.41, 5.74) is 6.01. The van der Waals surface area contributed by atoms with E-state index in [0.29, 0.717) is 5.75 Å². The standard InChI is InChI=1S/C14H20N4O3/c15-14(20)17-13(19)5-10-21-12-3-1-11(2-4-12)18-8-6-16-7-9-18/h1-4,16H,5-10H2,(H3,15,17,19,20). The van der Waals surface area contributed by atoms with E-state index in [2.05, 4.69) is 10.2 Å². The summed E-state index contributed by atoms with van der Waals surface area (Å²) in [6.45, 7) is 4.17. The van der Waals surface area contributed by atoms with Crippen LogP contribution in [0.4, 0.5) is 10.5 Å². The van der Waals surface area contributed by atoms with Crippen LogP contribution in [0.5, 0.6) is 5.75 Å². The van der Waals surface area contributed by atoms with Crippen molar-refractivity contribution in [3.63, 3.8) is 0 Å². The van der Waals surface area contributed by atoms with Crippen LogP contribution in [0.25, 0.3) is 0 Å². The summed E-state index contributed by atoms with van der Waals surface area (Å²) in [5, 5.41) is 5.30. The van der Waals surface area contributed by atoms with Crippen LogP contribution < -0.4 is 26.0 Å². The Kier molecular flexibility index (Phi) is 5.39. The molecule has 114 valence electrons. The van der Waals surface area contributed by atoms with Crippen LogP contribution in [-0.4, -0.2) is 44.7 Å². The SMILES string of the molecule is NC(=O)NC(=O)CCOc1ccc(N2CCNCC2)cc1. The number of urea groups is 1. The molecule has 7 heteroatoms. The smallest absolute Gasteiger partial charge is 0.318 e. The molecule has 1 aliphatic rings. The van der Waals surface area contributed by atoms with Crippen molar-refractivity contribution in [1.82, 2.24) is 10.6 Å². The summed E-state index contributed by atoms with van der Waals surface area (Å²) in [6.07, 6.45) is 0.0858. The van der Waals surface area contributed by atoms with Crippen LogP contribution in [0, 0.1) is 0 Å². The zero-order valence-electron chi connectivity index (χ0n) is 11.8. The Bertz CT molecular complexity index is 483. The van der Waals surface area contributed by atoms with Gasteiger partial charge in [0.1, 0.15) is 5.75 Å². The van der Waals surface area contributed by atoms with E-state index in [0.717, 1.165) is 31.9 Å². The molecule has 21 heavy (non-hydrogen) atoms. The normalized spacial score (nSPS) is 14.6. The average Bonchev–Trinajstić information content (AvgIpc) is 2.48. The van der Waals surface area contributed by atoms with Gasteiger partial charge in [0.15, 0.2) is 0 Å². The van der Waals surface area contributed by atoms with Crippen LogP contribution in [0.2, 0.25) is 0 Å². The maximum Gasteiger partial charge on any atom is 0.318 e. The van der Waals surface area contributed by atoms with Crippen molar-refractivity contribution in [2.24, 2.45) is 5.73 Å². The van der Waals surface area contributed by atoms with E-state index in [1.54, 1.807) is 0 Å². The van der Waals surface area contributed by atoms with Crippen LogP contribution in [0.1, 0.15) is 6.42 Å². The zero-order chi connectivity index (χ0) is 15.1. The highest BCUT2D eigenvalue weighted by Crippen LogP contribution is 2.19. The molecular formula is C14H20N4O3. The second-order valence-corrected chi connectivity index (χ2v) is 4.74. The van der Waals surface area contributed by atoms with Gasteiger partial charge in [-0.05, 0) is 24.3 Å². The van der Waals surface area contributed by atoms with E-state index < -0.39 is 11.9 Å². The van der Waals surface area contributed by atoms with Crippen LogP contribution in [0.3, 0.4) is 0 Å². The number of amides is 3. The van der Waals surface area contributed by atoms with Gasteiger partial charge in [-0.15, -0.1) is 0 Å². The van der Waals surface area contributed by atoms with Crippen molar-refractivity contribution in [3.05, 3.63) is 24.3 Å². The molecular weight excluding hydrogens is 272 g/mol. The van der Waals surface area contributed by atoms with Gasteiger partial charge < -0.3 is 20.7 Å². The number of carbonyl (C=O) groups excluding carboxylic acids is 2. The molecule has 1 aromatic rings. The molecule has 0 bridgehead atoms. The zero-order valence-corrected chi connectivity index (χ0v) is 11.8. The van der Waals surface area contributed by atoms with E-state index in [4.69, 9.17) is 10.5 Å². The van der Waals surface area contributed by atoms with Gasteiger partial charge in [0.2, 0.25) is 5.91 Å². The van der Waals surface area contributed by atoms with Gasteiger partial charge in [0.25, 0.3) is 0 Å². The molecule has 0 spiro atoms. The molecule has 7 nitrogen and oxygen atoms in total. The number of hydrogen-bond donors (Lipinski definition) is 3. The van der Waals surface area contributed by atoms with Crippen LogP contribution in [-0.2, 0) is 4.79 Å². The lowest BCUT2D eigenvalue weighted by atomic mass is 10.2. The van der Waals surface area contributed by atoms with Crippen molar-refractivity contribution in [3.8, 4) is 5.75 Å². The van der Waals surface area contributed by atoms with E-state index >= 15 is 0 Å².